The van der Waals surface area contributed by atoms with Crippen LogP contribution in [0, 0.1) is 0 Å². The number of aliphatic hydroxyl groups is 1. The summed E-state index contributed by atoms with van der Waals surface area (Å²) in [6, 6.07) is 3.67. The van der Waals surface area contributed by atoms with E-state index in [1.807, 2.05) is 0 Å². The first-order valence-electron chi connectivity index (χ1n) is 5.55. The van der Waals surface area contributed by atoms with Crippen LogP contribution in [0.25, 0.3) is 0 Å². The molecule has 1 aromatic rings. The van der Waals surface area contributed by atoms with Crippen molar-refractivity contribution in [3.8, 4) is 0 Å². The first kappa shape index (κ1) is 13.7. The molecule has 0 aromatic heterocycles. The van der Waals surface area contributed by atoms with Crippen LogP contribution in [-0.4, -0.2) is 30.9 Å². The largest absolute Gasteiger partial charge is 0.466 e. The van der Waals surface area contributed by atoms with Gasteiger partial charge in [0.25, 0.3) is 5.60 Å². The number of halogens is 3. The van der Waals surface area contributed by atoms with E-state index < -0.39 is 23.3 Å². The van der Waals surface area contributed by atoms with Crippen molar-refractivity contribution in [3.05, 3.63) is 29.3 Å². The van der Waals surface area contributed by atoms with Gasteiger partial charge < -0.3 is 15.2 Å². The van der Waals surface area contributed by atoms with Gasteiger partial charge >= 0.3 is 12.1 Å². The van der Waals surface area contributed by atoms with Gasteiger partial charge in [-0.25, -0.2) is 4.79 Å². The van der Waals surface area contributed by atoms with Crippen LogP contribution in [0.5, 0.6) is 0 Å². The molecule has 0 spiro atoms. The van der Waals surface area contributed by atoms with E-state index in [2.05, 4.69) is 10.1 Å². The molecule has 0 unspecified atom stereocenters. The molecule has 7 heteroatoms. The van der Waals surface area contributed by atoms with Crippen molar-refractivity contribution in [1.29, 1.82) is 0 Å². The normalized spacial score (nSPS) is 17.3. The molecule has 0 amide bonds. The third-order valence-electron chi connectivity index (χ3n) is 3.12. The van der Waals surface area contributed by atoms with Crippen molar-refractivity contribution in [2.45, 2.75) is 18.2 Å². The molecule has 2 N–H and O–H groups in total. The van der Waals surface area contributed by atoms with Crippen LogP contribution >= 0.6 is 0 Å². The molecule has 0 aliphatic carbocycles. The van der Waals surface area contributed by atoms with Crippen molar-refractivity contribution in [1.82, 2.24) is 0 Å². The standard InChI is InChI=1S/C12H12F3NO3/c1-19-10(17)11(18,12(13,14)15)8-2-3-9-7(6-8)4-5-16-9/h2-3,6,16,18H,4-5H2,1H3/t11-/m1/s1. The molecular weight excluding hydrogens is 263 g/mol. The van der Waals surface area contributed by atoms with Crippen LogP contribution in [-0.2, 0) is 21.6 Å². The maximum absolute atomic E-state index is 13.0. The number of carbonyl (C=O) groups is 1. The average Bonchev–Trinajstić information content (AvgIpc) is 2.82. The Bertz CT molecular complexity index is 515. The lowest BCUT2D eigenvalue weighted by atomic mass is 9.91. The lowest BCUT2D eigenvalue weighted by Crippen LogP contribution is -2.49. The summed E-state index contributed by atoms with van der Waals surface area (Å²) in [7, 11) is 0.800. The lowest BCUT2D eigenvalue weighted by Gasteiger charge is -2.28. The number of alkyl halides is 3. The SMILES string of the molecule is COC(=O)[C@](O)(c1ccc2c(c1)CCN2)C(F)(F)F. The number of nitrogens with one attached hydrogen (secondary N) is 1. The highest BCUT2D eigenvalue weighted by Crippen LogP contribution is 2.41. The smallest absolute Gasteiger partial charge is 0.432 e. The summed E-state index contributed by atoms with van der Waals surface area (Å²) in [5, 5.41) is 12.8. The summed E-state index contributed by atoms with van der Waals surface area (Å²) < 4.78 is 43.1. The minimum absolute atomic E-state index is 0.533. The zero-order valence-electron chi connectivity index (χ0n) is 10.0. The summed E-state index contributed by atoms with van der Waals surface area (Å²) >= 11 is 0. The fraction of sp³-hybridized carbons (Fsp3) is 0.417. The van der Waals surface area contributed by atoms with Gasteiger partial charge in [0.15, 0.2) is 0 Å². The van der Waals surface area contributed by atoms with Gasteiger partial charge in [0.05, 0.1) is 7.11 Å². The first-order valence-corrected chi connectivity index (χ1v) is 5.55. The second-order valence-electron chi connectivity index (χ2n) is 4.25. The van der Waals surface area contributed by atoms with Gasteiger partial charge in [-0.3, -0.25) is 0 Å². The Balaban J connectivity index is 2.53. The molecule has 19 heavy (non-hydrogen) atoms. The summed E-state index contributed by atoms with van der Waals surface area (Å²) in [5.74, 6) is -1.74. The molecule has 1 aliphatic rings. The van der Waals surface area contributed by atoms with E-state index >= 15 is 0 Å². The van der Waals surface area contributed by atoms with Crippen molar-refractivity contribution in [2.75, 3.05) is 19.0 Å². The Morgan fingerprint density at radius 3 is 2.68 bits per heavy atom. The topological polar surface area (TPSA) is 58.6 Å². The van der Waals surface area contributed by atoms with Crippen LogP contribution < -0.4 is 5.32 Å². The Kier molecular flexibility index (Phi) is 3.17. The second-order valence-corrected chi connectivity index (χ2v) is 4.25. The summed E-state index contributed by atoms with van der Waals surface area (Å²) in [4.78, 5) is 11.4. The van der Waals surface area contributed by atoms with Crippen molar-refractivity contribution in [3.63, 3.8) is 0 Å². The van der Waals surface area contributed by atoms with Gasteiger partial charge in [0, 0.05) is 17.8 Å². The molecule has 0 saturated carbocycles. The van der Waals surface area contributed by atoms with Crippen LogP contribution in [0.15, 0.2) is 18.2 Å². The van der Waals surface area contributed by atoms with E-state index in [-0.39, 0.29) is 0 Å². The van der Waals surface area contributed by atoms with Gasteiger partial charge in [-0.2, -0.15) is 13.2 Å². The maximum Gasteiger partial charge on any atom is 0.432 e. The van der Waals surface area contributed by atoms with Crippen LogP contribution in [0.4, 0.5) is 18.9 Å². The average molecular weight is 275 g/mol. The molecule has 4 nitrogen and oxygen atoms in total. The molecule has 1 atom stereocenters. The number of benzene rings is 1. The van der Waals surface area contributed by atoms with E-state index in [1.54, 1.807) is 0 Å². The summed E-state index contributed by atoms with van der Waals surface area (Å²) in [5.41, 5.74) is -2.84. The predicted octanol–water partition coefficient (Wildman–Crippen LogP) is 1.58. The molecule has 104 valence electrons. The van der Waals surface area contributed by atoms with Crippen LogP contribution in [0.2, 0.25) is 0 Å². The molecule has 1 heterocycles. The zero-order valence-corrected chi connectivity index (χ0v) is 10.0. The number of fused-ring (bicyclic) bond motifs is 1. The number of hydrogen-bond acceptors (Lipinski definition) is 4. The van der Waals surface area contributed by atoms with Gasteiger partial charge in [-0.1, -0.05) is 6.07 Å². The van der Waals surface area contributed by atoms with Crippen molar-refractivity contribution in [2.24, 2.45) is 0 Å². The molecule has 0 bridgehead atoms. The van der Waals surface area contributed by atoms with E-state index in [4.69, 9.17) is 0 Å². The number of methoxy groups -OCH3 is 1. The summed E-state index contributed by atoms with van der Waals surface area (Å²) in [6.45, 7) is 0.613. The van der Waals surface area contributed by atoms with Gasteiger partial charge in [0.1, 0.15) is 0 Å². The fourth-order valence-electron chi connectivity index (χ4n) is 2.07. The minimum atomic E-state index is -5.15. The van der Waals surface area contributed by atoms with Crippen molar-refractivity contribution < 1.29 is 27.8 Å². The number of ether oxygens (including phenoxy) is 1. The quantitative estimate of drug-likeness (QED) is 0.804. The number of hydrogen-bond donors (Lipinski definition) is 2. The minimum Gasteiger partial charge on any atom is -0.466 e. The van der Waals surface area contributed by atoms with Gasteiger partial charge in [0.2, 0.25) is 0 Å². The summed E-state index contributed by atoms with van der Waals surface area (Å²) in [6.07, 6.45) is -4.61. The Hall–Kier alpha value is -1.76. The number of rotatable bonds is 2. The highest BCUT2D eigenvalue weighted by molar-refractivity contribution is 5.82. The Morgan fingerprint density at radius 1 is 1.42 bits per heavy atom. The van der Waals surface area contributed by atoms with E-state index in [0.29, 0.717) is 24.2 Å². The monoisotopic (exact) mass is 275 g/mol. The molecule has 0 radical (unpaired) electrons. The van der Waals surface area contributed by atoms with Gasteiger partial charge in [-0.05, 0) is 24.1 Å². The number of esters is 1. The van der Waals surface area contributed by atoms with Crippen molar-refractivity contribution >= 4 is 11.7 Å². The fourth-order valence-corrected chi connectivity index (χ4v) is 2.07. The highest BCUT2D eigenvalue weighted by atomic mass is 19.4. The highest BCUT2D eigenvalue weighted by Gasteiger charge is 2.62. The maximum atomic E-state index is 13.0. The van der Waals surface area contributed by atoms with E-state index in [1.165, 1.54) is 12.1 Å². The lowest BCUT2D eigenvalue weighted by molar-refractivity contribution is -0.266. The molecule has 2 rings (SSSR count). The molecule has 1 aromatic carbocycles. The molecule has 0 saturated heterocycles. The zero-order chi connectivity index (χ0) is 14.3. The Morgan fingerprint density at radius 2 is 2.11 bits per heavy atom. The second kappa shape index (κ2) is 4.41. The van der Waals surface area contributed by atoms with Crippen LogP contribution in [0.3, 0.4) is 0 Å². The van der Waals surface area contributed by atoms with Crippen LogP contribution in [0.1, 0.15) is 11.1 Å². The first-order chi connectivity index (χ1) is 8.80. The number of carbonyl (C=O) groups excluding carboxylic acids is 1. The Labute approximate surface area is 107 Å². The van der Waals surface area contributed by atoms with E-state index in [9.17, 15) is 23.1 Å². The molecule has 1 aliphatic heterocycles. The molecular formula is C12H12F3NO3. The van der Waals surface area contributed by atoms with E-state index in [0.717, 1.165) is 13.2 Å². The third kappa shape index (κ3) is 2.03. The third-order valence-corrected chi connectivity index (χ3v) is 3.12. The molecule has 0 fully saturated rings. The number of anilines is 1. The van der Waals surface area contributed by atoms with Gasteiger partial charge in [-0.15, -0.1) is 0 Å². The predicted molar refractivity (Wildman–Crippen MR) is 60.6 cm³/mol.